The Morgan fingerprint density at radius 2 is 2.00 bits per heavy atom. The summed E-state index contributed by atoms with van der Waals surface area (Å²) < 4.78 is 0. The molecule has 6 heteroatoms. The van der Waals surface area contributed by atoms with Crippen molar-refractivity contribution in [2.24, 2.45) is 5.73 Å². The van der Waals surface area contributed by atoms with E-state index >= 15 is 0 Å². The zero-order valence-corrected chi connectivity index (χ0v) is 13.0. The number of rotatable bonds is 4. The van der Waals surface area contributed by atoms with Crippen molar-refractivity contribution < 1.29 is 9.59 Å². The van der Waals surface area contributed by atoms with Crippen molar-refractivity contribution in [2.45, 2.75) is 32.4 Å². The second kappa shape index (κ2) is 8.00. The van der Waals surface area contributed by atoms with Crippen molar-refractivity contribution in [1.29, 1.82) is 0 Å². The van der Waals surface area contributed by atoms with Crippen LogP contribution in [0, 0.1) is 0 Å². The van der Waals surface area contributed by atoms with Gasteiger partial charge in [0.25, 0.3) is 5.91 Å². The number of carbonyl (C=O) groups is 2. The van der Waals surface area contributed by atoms with Gasteiger partial charge in [0.15, 0.2) is 0 Å². The Labute approximate surface area is 131 Å². The number of carbonyl (C=O) groups excluding carboxylic acids is 2. The highest BCUT2D eigenvalue weighted by Crippen LogP contribution is 2.19. The fourth-order valence-electron chi connectivity index (χ4n) is 2.51. The summed E-state index contributed by atoms with van der Waals surface area (Å²) in [4.78, 5) is 25.1. The molecule has 1 aliphatic heterocycles. The van der Waals surface area contributed by atoms with E-state index in [-0.39, 0.29) is 30.3 Å². The Kier molecular flexibility index (Phi) is 6.65. The van der Waals surface area contributed by atoms with E-state index in [0.29, 0.717) is 18.7 Å². The van der Waals surface area contributed by atoms with E-state index in [0.717, 1.165) is 24.9 Å². The van der Waals surface area contributed by atoms with Crippen molar-refractivity contribution in [3.63, 3.8) is 0 Å². The van der Waals surface area contributed by atoms with Crippen LogP contribution in [0.15, 0.2) is 24.3 Å². The predicted molar refractivity (Wildman–Crippen MR) is 84.3 cm³/mol. The number of hydrogen-bond donors (Lipinski definition) is 2. The maximum Gasteiger partial charge on any atom is 0.254 e. The lowest BCUT2D eigenvalue weighted by Gasteiger charge is -2.23. The average molecular weight is 312 g/mol. The third-order valence-electron chi connectivity index (χ3n) is 3.65. The topological polar surface area (TPSA) is 75.4 Å². The lowest BCUT2D eigenvalue weighted by Crippen LogP contribution is -2.39. The van der Waals surface area contributed by atoms with Gasteiger partial charge in [0.2, 0.25) is 5.91 Å². The van der Waals surface area contributed by atoms with Gasteiger partial charge in [0.05, 0.1) is 0 Å². The van der Waals surface area contributed by atoms with Crippen LogP contribution in [0.4, 0.5) is 0 Å². The Morgan fingerprint density at radius 3 is 2.57 bits per heavy atom. The summed E-state index contributed by atoms with van der Waals surface area (Å²) in [6.07, 6.45) is 2.01. The van der Waals surface area contributed by atoms with Gasteiger partial charge < -0.3 is 16.0 Å². The molecule has 21 heavy (non-hydrogen) atoms. The van der Waals surface area contributed by atoms with Gasteiger partial charge >= 0.3 is 0 Å². The molecule has 1 aromatic carbocycles. The van der Waals surface area contributed by atoms with E-state index < -0.39 is 0 Å². The van der Waals surface area contributed by atoms with Crippen LogP contribution in [-0.2, 0) is 11.3 Å². The van der Waals surface area contributed by atoms with Gasteiger partial charge in [-0.1, -0.05) is 12.1 Å². The second-order valence-electron chi connectivity index (χ2n) is 5.14. The quantitative estimate of drug-likeness (QED) is 0.880. The standard InChI is InChI=1S/C15H21N3O2.ClH/c1-11(19)17-10-12-4-6-13(7-5-12)15(20)18-8-2-3-14(18)9-16;/h4-7,14H,2-3,8-10,16H2,1H3,(H,17,19);1H. The molecule has 1 aromatic rings. The molecule has 0 saturated carbocycles. The summed E-state index contributed by atoms with van der Waals surface area (Å²) in [5.41, 5.74) is 7.36. The Bertz CT molecular complexity index is 490. The summed E-state index contributed by atoms with van der Waals surface area (Å²) in [7, 11) is 0. The minimum atomic E-state index is -0.0620. The highest BCUT2D eigenvalue weighted by molar-refractivity contribution is 5.94. The Morgan fingerprint density at radius 1 is 1.33 bits per heavy atom. The van der Waals surface area contributed by atoms with E-state index in [2.05, 4.69) is 5.32 Å². The molecule has 0 radical (unpaired) electrons. The van der Waals surface area contributed by atoms with Gasteiger partial charge in [0.1, 0.15) is 0 Å². The van der Waals surface area contributed by atoms with Gasteiger partial charge in [-0.3, -0.25) is 9.59 Å². The van der Waals surface area contributed by atoms with Crippen LogP contribution < -0.4 is 11.1 Å². The number of nitrogens with zero attached hydrogens (tertiary/aromatic N) is 1. The minimum absolute atomic E-state index is 0. The normalized spacial score (nSPS) is 17.2. The third-order valence-corrected chi connectivity index (χ3v) is 3.65. The maximum atomic E-state index is 12.4. The van der Waals surface area contributed by atoms with Crippen molar-refractivity contribution in [3.05, 3.63) is 35.4 Å². The van der Waals surface area contributed by atoms with Gasteiger partial charge in [-0.05, 0) is 30.5 Å². The number of halogens is 1. The Hall–Kier alpha value is -1.59. The van der Waals surface area contributed by atoms with E-state index in [4.69, 9.17) is 5.73 Å². The van der Waals surface area contributed by atoms with Crippen LogP contribution in [0.2, 0.25) is 0 Å². The van der Waals surface area contributed by atoms with Crippen LogP contribution in [0.1, 0.15) is 35.7 Å². The number of hydrogen-bond acceptors (Lipinski definition) is 3. The first-order valence-corrected chi connectivity index (χ1v) is 6.96. The molecule has 0 spiro atoms. The molecule has 0 bridgehead atoms. The van der Waals surface area contributed by atoms with Crippen LogP contribution in [0.25, 0.3) is 0 Å². The highest BCUT2D eigenvalue weighted by Gasteiger charge is 2.28. The maximum absolute atomic E-state index is 12.4. The molecule has 5 nitrogen and oxygen atoms in total. The van der Waals surface area contributed by atoms with Crippen molar-refractivity contribution in [1.82, 2.24) is 10.2 Å². The first kappa shape index (κ1) is 17.5. The molecule has 2 amide bonds. The minimum Gasteiger partial charge on any atom is -0.352 e. The van der Waals surface area contributed by atoms with Crippen LogP contribution in [0.3, 0.4) is 0 Å². The lowest BCUT2D eigenvalue weighted by atomic mass is 10.1. The number of benzene rings is 1. The molecule has 1 atom stereocenters. The summed E-state index contributed by atoms with van der Waals surface area (Å²) in [6, 6.07) is 7.53. The molecule has 0 aromatic heterocycles. The number of nitrogens with two attached hydrogens (primary N) is 1. The van der Waals surface area contributed by atoms with Gasteiger partial charge in [-0.25, -0.2) is 0 Å². The molecular weight excluding hydrogens is 290 g/mol. The molecule has 0 aliphatic carbocycles. The molecule has 2 rings (SSSR count). The average Bonchev–Trinajstić information content (AvgIpc) is 2.93. The SMILES string of the molecule is CC(=O)NCc1ccc(C(=O)N2CCCC2CN)cc1.Cl. The number of nitrogens with one attached hydrogen (secondary N) is 1. The van der Waals surface area contributed by atoms with Crippen LogP contribution in [0.5, 0.6) is 0 Å². The molecule has 1 saturated heterocycles. The summed E-state index contributed by atoms with van der Waals surface area (Å²) >= 11 is 0. The molecule has 1 unspecified atom stereocenters. The smallest absolute Gasteiger partial charge is 0.254 e. The van der Waals surface area contributed by atoms with Crippen molar-refractivity contribution in [2.75, 3.05) is 13.1 Å². The molecular formula is C15H22ClN3O2. The highest BCUT2D eigenvalue weighted by atomic mass is 35.5. The molecule has 3 N–H and O–H groups in total. The summed E-state index contributed by atoms with van der Waals surface area (Å²) in [5.74, 6) is -0.0166. The number of amides is 2. The largest absolute Gasteiger partial charge is 0.352 e. The molecule has 116 valence electrons. The molecule has 1 aliphatic rings. The first-order chi connectivity index (χ1) is 9.61. The fraction of sp³-hybridized carbons (Fsp3) is 0.467. The second-order valence-corrected chi connectivity index (χ2v) is 5.14. The van der Waals surface area contributed by atoms with Crippen LogP contribution >= 0.6 is 12.4 Å². The molecule has 1 fully saturated rings. The van der Waals surface area contributed by atoms with Gasteiger partial charge in [0, 0.05) is 38.2 Å². The zero-order valence-electron chi connectivity index (χ0n) is 12.2. The predicted octanol–water partition coefficient (Wildman–Crippen LogP) is 1.31. The molecule has 1 heterocycles. The van der Waals surface area contributed by atoms with Crippen LogP contribution in [-0.4, -0.2) is 35.8 Å². The lowest BCUT2D eigenvalue weighted by molar-refractivity contribution is -0.119. The van der Waals surface area contributed by atoms with Gasteiger partial charge in [-0.2, -0.15) is 0 Å². The van der Waals surface area contributed by atoms with E-state index in [1.807, 2.05) is 29.2 Å². The summed E-state index contributed by atoms with van der Waals surface area (Å²) in [6.45, 7) is 3.28. The third kappa shape index (κ3) is 4.44. The number of likely N-dealkylation sites (tertiary alicyclic amines) is 1. The summed E-state index contributed by atoms with van der Waals surface area (Å²) in [5, 5.41) is 2.73. The van der Waals surface area contributed by atoms with E-state index in [1.165, 1.54) is 6.92 Å². The first-order valence-electron chi connectivity index (χ1n) is 6.96. The fourth-order valence-corrected chi connectivity index (χ4v) is 2.51. The van der Waals surface area contributed by atoms with Crippen molar-refractivity contribution >= 4 is 24.2 Å². The van der Waals surface area contributed by atoms with E-state index in [1.54, 1.807) is 0 Å². The van der Waals surface area contributed by atoms with Gasteiger partial charge in [-0.15, -0.1) is 12.4 Å². The Balaban J connectivity index is 0.00000220. The monoisotopic (exact) mass is 311 g/mol. The van der Waals surface area contributed by atoms with E-state index in [9.17, 15) is 9.59 Å². The zero-order chi connectivity index (χ0) is 14.5. The van der Waals surface area contributed by atoms with Crippen molar-refractivity contribution in [3.8, 4) is 0 Å².